The normalized spacial score (nSPS) is 22.7. The molecule has 4 rings (SSSR count). The number of nitrogens with zero attached hydrogens (tertiary/aromatic N) is 3. The zero-order chi connectivity index (χ0) is 20.8. The number of carbonyl (C=O) groups excluding carboxylic acids is 1. The maximum atomic E-state index is 11.9. The molecule has 1 unspecified atom stereocenters. The Bertz CT molecular complexity index is 749. The summed E-state index contributed by atoms with van der Waals surface area (Å²) in [7, 11) is 1.84. The zero-order valence-electron chi connectivity index (χ0n) is 18.8. The molecule has 0 aromatic heterocycles. The minimum Gasteiger partial charge on any atom is -0.352 e. The molecule has 6 nitrogen and oxygen atoms in total. The number of halogens is 1. The van der Waals surface area contributed by atoms with Gasteiger partial charge in [-0.3, -0.25) is 9.79 Å². The highest BCUT2D eigenvalue weighted by Gasteiger charge is 2.26. The number of aliphatic imine (C=N–C) groups is 1. The third-order valence-electron chi connectivity index (χ3n) is 6.82. The van der Waals surface area contributed by atoms with Crippen LogP contribution in [-0.2, 0) is 17.9 Å². The van der Waals surface area contributed by atoms with Gasteiger partial charge in [-0.15, -0.1) is 24.0 Å². The molecule has 1 saturated carbocycles. The molecule has 0 radical (unpaired) electrons. The summed E-state index contributed by atoms with van der Waals surface area (Å²) in [5, 5.41) is 7.08. The molecule has 1 aromatic rings. The lowest BCUT2D eigenvalue weighted by Crippen LogP contribution is -2.44. The molecule has 0 spiro atoms. The molecule has 3 fully saturated rings. The van der Waals surface area contributed by atoms with Crippen molar-refractivity contribution in [3.05, 3.63) is 35.4 Å². The number of guanidine groups is 1. The van der Waals surface area contributed by atoms with Crippen molar-refractivity contribution in [1.82, 2.24) is 20.4 Å². The Labute approximate surface area is 204 Å². The molecule has 2 N–H and O–H groups in total. The van der Waals surface area contributed by atoms with Crippen LogP contribution < -0.4 is 10.6 Å². The van der Waals surface area contributed by atoms with Gasteiger partial charge in [-0.2, -0.15) is 0 Å². The number of nitrogens with one attached hydrogen (secondary N) is 2. The molecular weight excluding hydrogens is 501 g/mol. The first-order chi connectivity index (χ1) is 14.7. The van der Waals surface area contributed by atoms with Gasteiger partial charge in [-0.1, -0.05) is 37.1 Å². The second-order valence-electron chi connectivity index (χ2n) is 9.20. The van der Waals surface area contributed by atoms with Crippen LogP contribution in [0.3, 0.4) is 0 Å². The van der Waals surface area contributed by atoms with Crippen LogP contribution in [0.15, 0.2) is 29.3 Å². The summed E-state index contributed by atoms with van der Waals surface area (Å²) in [5.74, 6) is 2.08. The number of hydrogen-bond acceptors (Lipinski definition) is 3. The fourth-order valence-electron chi connectivity index (χ4n) is 5.18. The highest BCUT2D eigenvalue weighted by molar-refractivity contribution is 14.0. The highest BCUT2D eigenvalue weighted by Crippen LogP contribution is 2.26. The molecule has 1 aromatic carbocycles. The average molecular weight is 540 g/mol. The zero-order valence-corrected chi connectivity index (χ0v) is 21.1. The van der Waals surface area contributed by atoms with Gasteiger partial charge in [0.1, 0.15) is 0 Å². The van der Waals surface area contributed by atoms with Crippen LogP contribution >= 0.6 is 24.0 Å². The smallest absolute Gasteiger partial charge is 0.222 e. The SMILES string of the molecule is CN=C(NCc1cccc(CN2CCCC2=O)c1)NC1CCN(CC2CCCC2)C1.I. The van der Waals surface area contributed by atoms with Crippen molar-refractivity contribution in [2.24, 2.45) is 10.9 Å². The van der Waals surface area contributed by atoms with E-state index in [1.54, 1.807) is 0 Å². The summed E-state index contributed by atoms with van der Waals surface area (Å²) < 4.78 is 0. The van der Waals surface area contributed by atoms with Gasteiger partial charge in [0.25, 0.3) is 0 Å². The van der Waals surface area contributed by atoms with Gasteiger partial charge >= 0.3 is 0 Å². The van der Waals surface area contributed by atoms with E-state index in [2.05, 4.69) is 44.8 Å². The number of rotatable bonds is 7. The summed E-state index contributed by atoms with van der Waals surface area (Å²) >= 11 is 0. The Morgan fingerprint density at radius 1 is 1.13 bits per heavy atom. The summed E-state index contributed by atoms with van der Waals surface area (Å²) in [6.45, 7) is 5.94. The lowest BCUT2D eigenvalue weighted by molar-refractivity contribution is -0.128. The van der Waals surface area contributed by atoms with Crippen molar-refractivity contribution >= 4 is 35.8 Å². The van der Waals surface area contributed by atoms with Crippen molar-refractivity contribution in [3.63, 3.8) is 0 Å². The minimum absolute atomic E-state index is 0. The highest BCUT2D eigenvalue weighted by atomic mass is 127. The fourth-order valence-corrected chi connectivity index (χ4v) is 5.18. The first-order valence-corrected chi connectivity index (χ1v) is 11.7. The maximum absolute atomic E-state index is 11.9. The molecule has 0 bridgehead atoms. The Morgan fingerprint density at radius 2 is 1.94 bits per heavy atom. The second-order valence-corrected chi connectivity index (χ2v) is 9.20. The number of benzene rings is 1. The van der Waals surface area contributed by atoms with Crippen molar-refractivity contribution in [3.8, 4) is 0 Å². The Balaban J connectivity index is 0.00000272. The van der Waals surface area contributed by atoms with Crippen LogP contribution in [0.25, 0.3) is 0 Å². The topological polar surface area (TPSA) is 60.0 Å². The first kappa shape index (κ1) is 24.3. The van der Waals surface area contributed by atoms with Gasteiger partial charge in [-0.05, 0) is 42.7 Å². The van der Waals surface area contributed by atoms with E-state index in [0.717, 1.165) is 44.5 Å². The lowest BCUT2D eigenvalue weighted by atomic mass is 10.1. The fraction of sp³-hybridized carbons (Fsp3) is 0.667. The van der Waals surface area contributed by atoms with Crippen LogP contribution in [-0.4, -0.2) is 60.9 Å². The van der Waals surface area contributed by atoms with E-state index in [4.69, 9.17) is 0 Å². The summed E-state index contributed by atoms with van der Waals surface area (Å²) in [4.78, 5) is 20.9. The predicted molar refractivity (Wildman–Crippen MR) is 137 cm³/mol. The van der Waals surface area contributed by atoms with Crippen LogP contribution in [0.5, 0.6) is 0 Å². The monoisotopic (exact) mass is 539 g/mol. The molecule has 3 aliphatic rings. The molecule has 7 heteroatoms. The van der Waals surface area contributed by atoms with E-state index in [1.807, 2.05) is 11.9 Å². The first-order valence-electron chi connectivity index (χ1n) is 11.7. The van der Waals surface area contributed by atoms with E-state index in [9.17, 15) is 4.79 Å². The lowest BCUT2D eigenvalue weighted by Gasteiger charge is -2.21. The van der Waals surface area contributed by atoms with Crippen LogP contribution in [0.1, 0.15) is 56.1 Å². The van der Waals surface area contributed by atoms with Gasteiger partial charge in [0.2, 0.25) is 5.91 Å². The van der Waals surface area contributed by atoms with Gasteiger partial charge in [0, 0.05) is 58.8 Å². The van der Waals surface area contributed by atoms with E-state index in [0.29, 0.717) is 12.5 Å². The van der Waals surface area contributed by atoms with Crippen molar-refractivity contribution < 1.29 is 4.79 Å². The number of likely N-dealkylation sites (tertiary alicyclic amines) is 2. The van der Waals surface area contributed by atoms with Crippen LogP contribution in [0.2, 0.25) is 0 Å². The second kappa shape index (κ2) is 12.0. The maximum Gasteiger partial charge on any atom is 0.222 e. The molecule has 2 saturated heterocycles. The third-order valence-corrected chi connectivity index (χ3v) is 6.82. The largest absolute Gasteiger partial charge is 0.352 e. The van der Waals surface area contributed by atoms with E-state index >= 15 is 0 Å². The van der Waals surface area contributed by atoms with E-state index in [1.165, 1.54) is 56.3 Å². The number of amides is 1. The Kier molecular flexibility index (Phi) is 9.44. The Morgan fingerprint density at radius 3 is 2.68 bits per heavy atom. The third kappa shape index (κ3) is 7.07. The van der Waals surface area contributed by atoms with Gasteiger partial charge in [0.05, 0.1) is 0 Å². The molecule has 2 heterocycles. The minimum atomic E-state index is 0. The molecule has 1 amide bonds. The number of carbonyl (C=O) groups is 1. The quantitative estimate of drug-likeness (QED) is 0.317. The Hall–Kier alpha value is -1.35. The number of hydrogen-bond donors (Lipinski definition) is 2. The molecule has 1 aliphatic carbocycles. The summed E-state index contributed by atoms with van der Waals surface area (Å²) in [5.41, 5.74) is 2.42. The molecule has 1 atom stereocenters. The van der Waals surface area contributed by atoms with Crippen molar-refractivity contribution in [2.75, 3.05) is 33.2 Å². The molecule has 2 aliphatic heterocycles. The van der Waals surface area contributed by atoms with Crippen LogP contribution in [0, 0.1) is 5.92 Å². The molecule has 172 valence electrons. The van der Waals surface area contributed by atoms with Crippen molar-refractivity contribution in [2.45, 2.75) is 64.1 Å². The standard InChI is InChI=1S/C24H37N5O.HI/c1-25-24(27-22-11-13-28(18-22)16-19-6-2-3-7-19)26-15-20-8-4-9-21(14-20)17-29-12-5-10-23(29)30;/h4,8-9,14,19,22H,2-3,5-7,10-13,15-18H2,1H3,(H2,25,26,27);1H. The average Bonchev–Trinajstić information content (AvgIpc) is 3.50. The van der Waals surface area contributed by atoms with Gasteiger partial charge in [-0.25, -0.2) is 0 Å². The molecular formula is C24H38IN5O. The van der Waals surface area contributed by atoms with E-state index in [-0.39, 0.29) is 29.9 Å². The van der Waals surface area contributed by atoms with E-state index < -0.39 is 0 Å². The van der Waals surface area contributed by atoms with Gasteiger partial charge in [0.15, 0.2) is 5.96 Å². The van der Waals surface area contributed by atoms with Crippen molar-refractivity contribution in [1.29, 1.82) is 0 Å². The summed E-state index contributed by atoms with van der Waals surface area (Å²) in [6, 6.07) is 9.00. The summed E-state index contributed by atoms with van der Waals surface area (Å²) in [6.07, 6.45) is 8.56. The molecule has 31 heavy (non-hydrogen) atoms. The van der Waals surface area contributed by atoms with Crippen LogP contribution in [0.4, 0.5) is 0 Å². The van der Waals surface area contributed by atoms with Gasteiger partial charge < -0.3 is 20.4 Å². The predicted octanol–water partition coefficient (Wildman–Crippen LogP) is 3.36.